The minimum absolute atomic E-state index is 0.627. The maximum atomic E-state index is 5.35. The van der Waals surface area contributed by atoms with Gasteiger partial charge in [0.15, 0.2) is 5.82 Å². The predicted molar refractivity (Wildman–Crippen MR) is 77.6 cm³/mol. The zero-order valence-corrected chi connectivity index (χ0v) is 11.9. The third kappa shape index (κ3) is 3.25. The van der Waals surface area contributed by atoms with Crippen LogP contribution in [0.3, 0.4) is 0 Å². The van der Waals surface area contributed by atoms with Crippen molar-refractivity contribution in [1.29, 1.82) is 0 Å². The summed E-state index contributed by atoms with van der Waals surface area (Å²) in [4.78, 5) is 4.50. The summed E-state index contributed by atoms with van der Waals surface area (Å²) in [5, 5.41) is 7.58. The fraction of sp³-hybridized carbons (Fsp3) is 0.500. The van der Waals surface area contributed by atoms with E-state index in [1.54, 1.807) is 0 Å². The highest BCUT2D eigenvalue weighted by molar-refractivity contribution is 5.27. The number of nitrogens with zero attached hydrogens (tertiary/aromatic N) is 2. The molecule has 1 aliphatic rings. The molecule has 1 aromatic carbocycles. The molecule has 0 amide bonds. The van der Waals surface area contributed by atoms with Crippen molar-refractivity contribution in [3.05, 3.63) is 47.1 Å². The summed E-state index contributed by atoms with van der Waals surface area (Å²) in [6, 6.07) is 8.96. The first kappa shape index (κ1) is 13.3. The molecule has 0 saturated carbocycles. The predicted octanol–water partition coefficient (Wildman–Crippen LogP) is 2.65. The molecule has 1 N–H and O–H groups in total. The van der Waals surface area contributed by atoms with Crippen molar-refractivity contribution in [3.63, 3.8) is 0 Å². The quantitative estimate of drug-likeness (QED) is 0.908. The van der Waals surface area contributed by atoms with E-state index < -0.39 is 0 Å². The van der Waals surface area contributed by atoms with E-state index in [1.807, 2.05) is 0 Å². The van der Waals surface area contributed by atoms with Gasteiger partial charge >= 0.3 is 0 Å². The van der Waals surface area contributed by atoms with Gasteiger partial charge in [0.2, 0.25) is 5.89 Å². The largest absolute Gasteiger partial charge is 0.339 e. The average Bonchev–Trinajstić information content (AvgIpc) is 3.10. The Morgan fingerprint density at radius 3 is 3.05 bits per heavy atom. The minimum Gasteiger partial charge on any atom is -0.339 e. The summed E-state index contributed by atoms with van der Waals surface area (Å²) in [6.07, 6.45) is 5.26. The van der Waals surface area contributed by atoms with Gasteiger partial charge in [-0.05, 0) is 43.9 Å². The standard InChI is InChI=1S/C16H21N3O/c1-12-5-2-3-6-13(12)11-15-18-16(20-19-15)9-8-14-7-4-10-17-14/h2-3,5-6,14,17H,4,7-11H2,1H3. The number of aromatic nitrogens is 2. The molecule has 1 aromatic heterocycles. The van der Waals surface area contributed by atoms with Gasteiger partial charge in [-0.2, -0.15) is 4.98 Å². The number of rotatable bonds is 5. The highest BCUT2D eigenvalue weighted by Crippen LogP contribution is 2.14. The monoisotopic (exact) mass is 271 g/mol. The summed E-state index contributed by atoms with van der Waals surface area (Å²) in [6.45, 7) is 3.26. The Bertz CT molecular complexity index is 558. The molecule has 1 saturated heterocycles. The van der Waals surface area contributed by atoms with Crippen LogP contribution in [-0.2, 0) is 12.8 Å². The van der Waals surface area contributed by atoms with Crippen LogP contribution in [-0.4, -0.2) is 22.7 Å². The Balaban J connectivity index is 1.57. The van der Waals surface area contributed by atoms with Crippen molar-refractivity contribution in [2.24, 2.45) is 0 Å². The minimum atomic E-state index is 0.627. The normalized spacial score (nSPS) is 18.6. The van der Waals surface area contributed by atoms with E-state index in [9.17, 15) is 0 Å². The van der Waals surface area contributed by atoms with Crippen molar-refractivity contribution in [1.82, 2.24) is 15.5 Å². The van der Waals surface area contributed by atoms with Crippen molar-refractivity contribution >= 4 is 0 Å². The van der Waals surface area contributed by atoms with Crippen molar-refractivity contribution in [2.45, 2.75) is 45.1 Å². The first-order chi connectivity index (χ1) is 9.81. The molecule has 20 heavy (non-hydrogen) atoms. The molecule has 1 fully saturated rings. The number of aryl methyl sites for hydroxylation is 2. The number of nitrogens with one attached hydrogen (secondary N) is 1. The lowest BCUT2D eigenvalue weighted by Gasteiger charge is -2.06. The van der Waals surface area contributed by atoms with E-state index in [2.05, 4.69) is 46.6 Å². The first-order valence-electron chi connectivity index (χ1n) is 7.40. The van der Waals surface area contributed by atoms with Crippen molar-refractivity contribution in [2.75, 3.05) is 6.54 Å². The van der Waals surface area contributed by atoms with Crippen LogP contribution in [0.2, 0.25) is 0 Å². The molecule has 2 aromatic rings. The number of hydrogen-bond acceptors (Lipinski definition) is 4. The van der Waals surface area contributed by atoms with E-state index in [0.29, 0.717) is 6.04 Å². The van der Waals surface area contributed by atoms with Crippen LogP contribution in [0.1, 0.15) is 42.1 Å². The molecule has 0 bridgehead atoms. The van der Waals surface area contributed by atoms with E-state index >= 15 is 0 Å². The fourth-order valence-electron chi connectivity index (χ4n) is 2.74. The SMILES string of the molecule is Cc1ccccc1Cc1noc(CCC2CCCN2)n1. The zero-order valence-electron chi connectivity index (χ0n) is 11.9. The highest BCUT2D eigenvalue weighted by Gasteiger charge is 2.15. The molecule has 4 nitrogen and oxygen atoms in total. The molecule has 1 unspecified atom stereocenters. The maximum Gasteiger partial charge on any atom is 0.226 e. The lowest BCUT2D eigenvalue weighted by Crippen LogP contribution is -2.21. The Morgan fingerprint density at radius 1 is 1.35 bits per heavy atom. The summed E-state index contributed by atoms with van der Waals surface area (Å²) >= 11 is 0. The van der Waals surface area contributed by atoms with E-state index in [1.165, 1.54) is 24.0 Å². The third-order valence-electron chi connectivity index (χ3n) is 3.99. The van der Waals surface area contributed by atoms with Gasteiger partial charge in [-0.25, -0.2) is 0 Å². The molecule has 1 atom stereocenters. The smallest absolute Gasteiger partial charge is 0.226 e. The van der Waals surface area contributed by atoms with Gasteiger partial charge in [0.1, 0.15) is 0 Å². The van der Waals surface area contributed by atoms with Crippen molar-refractivity contribution in [3.8, 4) is 0 Å². The third-order valence-corrected chi connectivity index (χ3v) is 3.99. The molecule has 1 aliphatic heterocycles. The second-order valence-corrected chi connectivity index (χ2v) is 5.54. The number of hydrogen-bond donors (Lipinski definition) is 1. The topological polar surface area (TPSA) is 51.0 Å². The van der Waals surface area contributed by atoms with Gasteiger partial charge in [-0.3, -0.25) is 0 Å². The maximum absolute atomic E-state index is 5.35. The zero-order chi connectivity index (χ0) is 13.8. The van der Waals surface area contributed by atoms with Gasteiger partial charge in [0.25, 0.3) is 0 Å². The molecular formula is C16H21N3O. The average molecular weight is 271 g/mol. The summed E-state index contributed by atoms with van der Waals surface area (Å²) in [5.41, 5.74) is 2.53. The molecule has 0 radical (unpaired) electrons. The van der Waals surface area contributed by atoms with Gasteiger partial charge < -0.3 is 9.84 Å². The van der Waals surface area contributed by atoms with Gasteiger partial charge in [0, 0.05) is 18.9 Å². The molecule has 3 rings (SSSR count). The van der Waals surface area contributed by atoms with Gasteiger partial charge in [-0.1, -0.05) is 29.4 Å². The summed E-state index contributed by atoms with van der Waals surface area (Å²) in [5.74, 6) is 1.55. The lowest BCUT2D eigenvalue weighted by molar-refractivity contribution is 0.364. The van der Waals surface area contributed by atoms with Crippen molar-refractivity contribution < 1.29 is 4.52 Å². The Kier molecular flexibility index (Phi) is 4.11. The second-order valence-electron chi connectivity index (χ2n) is 5.54. The molecule has 0 aliphatic carbocycles. The van der Waals surface area contributed by atoms with E-state index in [4.69, 9.17) is 4.52 Å². The van der Waals surface area contributed by atoms with Gasteiger partial charge in [0.05, 0.1) is 0 Å². The van der Waals surface area contributed by atoms with Crippen LogP contribution >= 0.6 is 0 Å². The van der Waals surface area contributed by atoms with Crippen LogP contribution in [0.15, 0.2) is 28.8 Å². The fourth-order valence-corrected chi connectivity index (χ4v) is 2.74. The van der Waals surface area contributed by atoms with Gasteiger partial charge in [-0.15, -0.1) is 0 Å². The number of benzene rings is 1. The Hall–Kier alpha value is -1.68. The van der Waals surface area contributed by atoms with E-state index in [-0.39, 0.29) is 0 Å². The Labute approximate surface area is 119 Å². The first-order valence-corrected chi connectivity index (χ1v) is 7.40. The van der Waals surface area contributed by atoms with Crippen LogP contribution in [0, 0.1) is 6.92 Å². The molecular weight excluding hydrogens is 250 g/mol. The van der Waals surface area contributed by atoms with Crippen LogP contribution in [0.5, 0.6) is 0 Å². The molecule has 2 heterocycles. The second kappa shape index (κ2) is 6.18. The lowest BCUT2D eigenvalue weighted by atomic mass is 10.1. The molecule has 4 heteroatoms. The van der Waals surface area contributed by atoms with Crippen LogP contribution < -0.4 is 5.32 Å². The summed E-state index contributed by atoms with van der Waals surface area (Å²) < 4.78 is 5.35. The molecule has 0 spiro atoms. The van der Waals surface area contributed by atoms with Crippen LogP contribution in [0.25, 0.3) is 0 Å². The van der Waals surface area contributed by atoms with Crippen LogP contribution in [0.4, 0.5) is 0 Å². The summed E-state index contributed by atoms with van der Waals surface area (Å²) in [7, 11) is 0. The van der Waals surface area contributed by atoms with E-state index in [0.717, 1.165) is 37.5 Å². The highest BCUT2D eigenvalue weighted by atomic mass is 16.5. The molecule has 106 valence electrons. The Morgan fingerprint density at radius 2 is 2.25 bits per heavy atom.